The molecule has 0 saturated carbocycles. The zero-order valence-corrected chi connectivity index (χ0v) is 13.6. The first-order chi connectivity index (χ1) is 9.72. The molecule has 0 spiro atoms. The highest BCUT2D eigenvalue weighted by Gasteiger charge is 2.12. The molecule has 0 aliphatic rings. The summed E-state index contributed by atoms with van der Waals surface area (Å²) in [7, 11) is 1.68. The topological polar surface area (TPSA) is 47.0 Å². The second kappa shape index (κ2) is 7.61. The molecule has 2 rings (SSSR count). The second-order valence-electron chi connectivity index (χ2n) is 4.30. The molecular formula is C14H19N3OS2. The van der Waals surface area contributed by atoms with Crippen molar-refractivity contribution in [3.05, 3.63) is 35.7 Å². The van der Waals surface area contributed by atoms with E-state index in [9.17, 15) is 0 Å². The summed E-state index contributed by atoms with van der Waals surface area (Å²) in [4.78, 5) is 4.39. The molecule has 108 valence electrons. The minimum atomic E-state index is 0.306. The number of thioether (sulfide) groups is 1. The van der Waals surface area contributed by atoms with Gasteiger partial charge in [0.2, 0.25) is 0 Å². The fraction of sp³-hybridized carbons (Fsp3) is 0.429. The minimum Gasteiger partial charge on any atom is -0.497 e. The number of hydrogen-bond acceptors (Lipinski definition) is 6. The molecule has 1 atom stereocenters. The van der Waals surface area contributed by atoms with Gasteiger partial charge in [-0.3, -0.25) is 0 Å². The lowest BCUT2D eigenvalue weighted by molar-refractivity contribution is 0.414. The van der Waals surface area contributed by atoms with E-state index in [-0.39, 0.29) is 0 Å². The monoisotopic (exact) mass is 309 g/mol. The van der Waals surface area contributed by atoms with Gasteiger partial charge in [0.05, 0.1) is 7.11 Å². The zero-order chi connectivity index (χ0) is 14.4. The van der Waals surface area contributed by atoms with Crippen molar-refractivity contribution in [1.29, 1.82) is 0 Å². The zero-order valence-electron chi connectivity index (χ0n) is 11.9. The van der Waals surface area contributed by atoms with Crippen LogP contribution >= 0.6 is 23.3 Å². The third-order valence-electron chi connectivity index (χ3n) is 2.85. The highest BCUT2D eigenvalue weighted by Crippen LogP contribution is 2.26. The number of aromatic nitrogens is 2. The number of hydrogen-bond donors (Lipinski definition) is 1. The van der Waals surface area contributed by atoms with Crippen molar-refractivity contribution in [1.82, 2.24) is 14.7 Å². The summed E-state index contributed by atoms with van der Waals surface area (Å²) in [6, 6.07) is 8.52. The van der Waals surface area contributed by atoms with Crippen molar-refractivity contribution >= 4 is 23.3 Å². The van der Waals surface area contributed by atoms with Crippen LogP contribution in [0.2, 0.25) is 0 Å². The molecule has 20 heavy (non-hydrogen) atoms. The number of aryl methyl sites for hydroxylation is 1. The standard InChI is InChI=1S/C14H19N3OS2/c1-4-15-13(9-19-14-16-10(2)17-20-14)11-5-7-12(18-3)8-6-11/h5-8,13,15H,4,9H2,1-3H3. The van der Waals surface area contributed by atoms with Crippen molar-refractivity contribution in [2.45, 2.75) is 24.2 Å². The quantitative estimate of drug-likeness (QED) is 0.795. The summed E-state index contributed by atoms with van der Waals surface area (Å²) >= 11 is 3.21. The summed E-state index contributed by atoms with van der Waals surface area (Å²) in [5.41, 5.74) is 1.27. The SMILES string of the molecule is CCNC(CSc1nc(C)ns1)c1ccc(OC)cc1. The van der Waals surface area contributed by atoms with E-state index in [2.05, 4.69) is 33.7 Å². The van der Waals surface area contributed by atoms with Crippen LogP contribution in [0.25, 0.3) is 0 Å². The van der Waals surface area contributed by atoms with Gasteiger partial charge in [-0.2, -0.15) is 4.37 Å². The molecule has 4 nitrogen and oxygen atoms in total. The van der Waals surface area contributed by atoms with Crippen molar-refractivity contribution < 1.29 is 4.74 Å². The first-order valence-corrected chi connectivity index (χ1v) is 8.29. The Morgan fingerprint density at radius 1 is 1.35 bits per heavy atom. The first-order valence-electron chi connectivity index (χ1n) is 6.53. The number of benzene rings is 1. The number of ether oxygens (including phenoxy) is 1. The van der Waals surface area contributed by atoms with Crippen LogP contribution in [-0.2, 0) is 0 Å². The normalized spacial score (nSPS) is 12.3. The van der Waals surface area contributed by atoms with E-state index < -0.39 is 0 Å². The molecule has 0 saturated heterocycles. The number of methoxy groups -OCH3 is 1. The Hall–Kier alpha value is -1.11. The Bertz CT molecular complexity index is 527. The van der Waals surface area contributed by atoms with Gasteiger partial charge in [0.15, 0.2) is 4.34 Å². The maximum atomic E-state index is 5.20. The third kappa shape index (κ3) is 4.19. The molecule has 0 fully saturated rings. The highest BCUT2D eigenvalue weighted by molar-refractivity contribution is 8.00. The molecule has 1 N–H and O–H groups in total. The van der Waals surface area contributed by atoms with Crippen LogP contribution in [-0.4, -0.2) is 28.8 Å². The van der Waals surface area contributed by atoms with Gasteiger partial charge < -0.3 is 10.1 Å². The van der Waals surface area contributed by atoms with Crippen LogP contribution in [0, 0.1) is 6.92 Å². The largest absolute Gasteiger partial charge is 0.497 e. The molecule has 1 unspecified atom stereocenters. The van der Waals surface area contributed by atoms with Gasteiger partial charge in [-0.25, -0.2) is 4.98 Å². The molecule has 1 aromatic carbocycles. The van der Waals surface area contributed by atoms with Gasteiger partial charge >= 0.3 is 0 Å². The average molecular weight is 309 g/mol. The molecule has 0 amide bonds. The first kappa shape index (κ1) is 15.3. The van der Waals surface area contributed by atoms with E-state index in [0.29, 0.717) is 6.04 Å². The molecule has 6 heteroatoms. The molecule has 0 aliphatic heterocycles. The summed E-state index contributed by atoms with van der Waals surface area (Å²) in [5, 5.41) is 3.51. The Kier molecular flexibility index (Phi) is 5.82. The summed E-state index contributed by atoms with van der Waals surface area (Å²) in [6.07, 6.45) is 0. The van der Waals surface area contributed by atoms with E-state index in [4.69, 9.17) is 4.74 Å². The predicted molar refractivity (Wildman–Crippen MR) is 84.8 cm³/mol. The van der Waals surface area contributed by atoms with E-state index in [0.717, 1.165) is 28.2 Å². The van der Waals surface area contributed by atoms with Crippen molar-refractivity contribution in [3.63, 3.8) is 0 Å². The van der Waals surface area contributed by atoms with E-state index in [1.165, 1.54) is 17.1 Å². The maximum absolute atomic E-state index is 5.20. The molecular weight excluding hydrogens is 290 g/mol. The molecule has 0 radical (unpaired) electrons. The Morgan fingerprint density at radius 2 is 2.10 bits per heavy atom. The fourth-order valence-electron chi connectivity index (χ4n) is 1.85. The van der Waals surface area contributed by atoms with Gasteiger partial charge in [-0.05, 0) is 42.7 Å². The highest BCUT2D eigenvalue weighted by atomic mass is 32.2. The lowest BCUT2D eigenvalue weighted by Gasteiger charge is -2.17. The van der Waals surface area contributed by atoms with Crippen LogP contribution in [0.5, 0.6) is 5.75 Å². The Labute approximate surface area is 128 Å². The average Bonchev–Trinajstić information content (AvgIpc) is 2.89. The summed E-state index contributed by atoms with van der Waals surface area (Å²) in [6.45, 7) is 4.98. The second-order valence-corrected chi connectivity index (χ2v) is 6.32. The summed E-state index contributed by atoms with van der Waals surface area (Å²) in [5.74, 6) is 2.67. The van der Waals surface area contributed by atoms with Crippen molar-refractivity contribution in [2.24, 2.45) is 0 Å². The van der Waals surface area contributed by atoms with Crippen LogP contribution < -0.4 is 10.1 Å². The van der Waals surface area contributed by atoms with Gasteiger partial charge in [0.25, 0.3) is 0 Å². The smallest absolute Gasteiger partial charge is 0.170 e. The van der Waals surface area contributed by atoms with Crippen LogP contribution in [0.15, 0.2) is 28.6 Å². The Balaban J connectivity index is 2.01. The number of rotatable bonds is 7. The van der Waals surface area contributed by atoms with Gasteiger partial charge in [0, 0.05) is 11.8 Å². The molecule has 0 bridgehead atoms. The predicted octanol–water partition coefficient (Wildman–Crippen LogP) is 3.30. The molecule has 0 aliphatic carbocycles. The van der Waals surface area contributed by atoms with Crippen molar-refractivity contribution in [2.75, 3.05) is 19.4 Å². The van der Waals surface area contributed by atoms with E-state index in [1.54, 1.807) is 18.9 Å². The lowest BCUT2D eigenvalue weighted by atomic mass is 10.1. The minimum absolute atomic E-state index is 0.306. The third-order valence-corrected chi connectivity index (χ3v) is 4.87. The summed E-state index contributed by atoms with van der Waals surface area (Å²) < 4.78 is 10.4. The van der Waals surface area contributed by atoms with Crippen LogP contribution in [0.4, 0.5) is 0 Å². The molecule has 1 aromatic heterocycles. The maximum Gasteiger partial charge on any atom is 0.170 e. The fourth-order valence-corrected chi connectivity index (χ4v) is 3.61. The number of nitrogens with zero attached hydrogens (tertiary/aromatic N) is 2. The van der Waals surface area contributed by atoms with Crippen LogP contribution in [0.3, 0.4) is 0 Å². The molecule has 1 heterocycles. The van der Waals surface area contributed by atoms with Gasteiger partial charge in [0.1, 0.15) is 11.6 Å². The van der Waals surface area contributed by atoms with Crippen LogP contribution in [0.1, 0.15) is 24.4 Å². The van der Waals surface area contributed by atoms with Gasteiger partial charge in [-0.15, -0.1) is 0 Å². The lowest BCUT2D eigenvalue weighted by Crippen LogP contribution is -2.22. The Morgan fingerprint density at radius 3 is 2.65 bits per heavy atom. The van der Waals surface area contributed by atoms with Gasteiger partial charge in [-0.1, -0.05) is 30.8 Å². The van der Waals surface area contributed by atoms with Crippen molar-refractivity contribution in [3.8, 4) is 5.75 Å². The molecule has 2 aromatic rings. The van der Waals surface area contributed by atoms with E-state index in [1.807, 2.05) is 19.1 Å². The van der Waals surface area contributed by atoms with E-state index >= 15 is 0 Å². The number of nitrogens with one attached hydrogen (secondary N) is 1.